The van der Waals surface area contributed by atoms with Crippen molar-refractivity contribution < 1.29 is 9.53 Å². The van der Waals surface area contributed by atoms with Crippen LogP contribution in [0.25, 0.3) is 0 Å². The maximum Gasteiger partial charge on any atom is 0.257 e. The summed E-state index contributed by atoms with van der Waals surface area (Å²) in [6.45, 7) is 6.56. The monoisotopic (exact) mass is 367 g/mol. The molecule has 3 aromatic rings. The van der Waals surface area contributed by atoms with E-state index in [1.165, 1.54) is 11.3 Å². The van der Waals surface area contributed by atoms with E-state index >= 15 is 0 Å². The Morgan fingerprint density at radius 3 is 2.69 bits per heavy atom. The fourth-order valence-corrected chi connectivity index (χ4v) is 3.13. The zero-order chi connectivity index (χ0) is 18.5. The number of nitrogens with one attached hydrogen (secondary N) is 1. The third-order valence-corrected chi connectivity index (χ3v) is 4.93. The Balaban J connectivity index is 1.54. The number of nitrogens with zero attached hydrogens (tertiary/aromatic N) is 2. The second kappa shape index (κ2) is 8.10. The number of hydrogen-bond acceptors (Lipinski definition) is 5. The minimum absolute atomic E-state index is 0.174. The maximum atomic E-state index is 12.3. The van der Waals surface area contributed by atoms with Crippen LogP contribution in [0.2, 0.25) is 0 Å². The molecule has 0 radical (unpaired) electrons. The highest BCUT2D eigenvalue weighted by Crippen LogP contribution is 2.19. The van der Waals surface area contributed by atoms with Crippen molar-refractivity contribution in [3.63, 3.8) is 0 Å². The molecule has 0 atom stereocenters. The van der Waals surface area contributed by atoms with E-state index in [0.717, 1.165) is 27.4 Å². The zero-order valence-corrected chi connectivity index (χ0v) is 15.9. The molecule has 0 unspecified atom stereocenters. The average molecular weight is 367 g/mol. The predicted molar refractivity (Wildman–Crippen MR) is 104 cm³/mol. The third-order valence-electron chi connectivity index (χ3n) is 4.03. The normalized spacial score (nSPS) is 10.6. The quantitative estimate of drug-likeness (QED) is 0.704. The SMILES string of the molecule is Cc1cccc(OCCc2nnc(NC(=O)c3ccc(C)c(C)c3)s2)c1. The van der Waals surface area contributed by atoms with Crippen LogP contribution in [0.15, 0.2) is 42.5 Å². The number of hydrogen-bond donors (Lipinski definition) is 1. The van der Waals surface area contributed by atoms with E-state index in [2.05, 4.69) is 15.5 Å². The number of rotatable bonds is 6. The lowest BCUT2D eigenvalue weighted by Crippen LogP contribution is -2.12. The van der Waals surface area contributed by atoms with Gasteiger partial charge >= 0.3 is 0 Å². The van der Waals surface area contributed by atoms with Crippen LogP contribution in [0.4, 0.5) is 5.13 Å². The number of carbonyl (C=O) groups is 1. The highest BCUT2D eigenvalue weighted by molar-refractivity contribution is 7.15. The van der Waals surface area contributed by atoms with E-state index in [1.54, 1.807) is 0 Å². The highest BCUT2D eigenvalue weighted by atomic mass is 32.1. The standard InChI is InChI=1S/C20H21N3O2S/c1-13-5-4-6-17(11-13)25-10-9-18-22-23-20(26-18)21-19(24)16-8-7-14(2)15(3)12-16/h4-8,11-12H,9-10H2,1-3H3,(H,21,23,24). The number of anilines is 1. The molecule has 3 rings (SSSR count). The Labute approximate surface area is 157 Å². The molecule has 2 aromatic carbocycles. The van der Waals surface area contributed by atoms with Crippen LogP contribution < -0.4 is 10.1 Å². The summed E-state index contributed by atoms with van der Waals surface area (Å²) < 4.78 is 5.73. The lowest BCUT2D eigenvalue weighted by molar-refractivity contribution is 0.102. The topological polar surface area (TPSA) is 64.1 Å². The molecule has 0 saturated carbocycles. The summed E-state index contributed by atoms with van der Waals surface area (Å²) >= 11 is 1.37. The van der Waals surface area contributed by atoms with Crippen molar-refractivity contribution in [1.29, 1.82) is 0 Å². The van der Waals surface area contributed by atoms with Gasteiger partial charge in [-0.1, -0.05) is 29.5 Å². The lowest BCUT2D eigenvalue weighted by Gasteiger charge is -2.05. The molecule has 1 heterocycles. The lowest BCUT2D eigenvalue weighted by atomic mass is 10.1. The number of aryl methyl sites for hydroxylation is 3. The Morgan fingerprint density at radius 1 is 1.08 bits per heavy atom. The van der Waals surface area contributed by atoms with Gasteiger partial charge in [-0.25, -0.2) is 0 Å². The molecule has 26 heavy (non-hydrogen) atoms. The van der Waals surface area contributed by atoms with Crippen molar-refractivity contribution in [3.05, 3.63) is 69.7 Å². The van der Waals surface area contributed by atoms with E-state index in [-0.39, 0.29) is 5.91 Å². The summed E-state index contributed by atoms with van der Waals surface area (Å²) in [7, 11) is 0. The van der Waals surface area contributed by atoms with Crippen molar-refractivity contribution in [2.24, 2.45) is 0 Å². The molecule has 0 aliphatic carbocycles. The summed E-state index contributed by atoms with van der Waals surface area (Å²) in [6, 6.07) is 13.6. The Kier molecular flexibility index (Phi) is 5.63. The summed E-state index contributed by atoms with van der Waals surface area (Å²) in [5, 5.41) is 12.3. The van der Waals surface area contributed by atoms with E-state index in [0.29, 0.717) is 23.7 Å². The van der Waals surface area contributed by atoms with E-state index < -0.39 is 0 Å². The number of ether oxygens (including phenoxy) is 1. The first-order valence-corrected chi connectivity index (χ1v) is 9.23. The minimum atomic E-state index is -0.174. The molecule has 0 saturated heterocycles. The summed E-state index contributed by atoms with van der Waals surface area (Å²) in [6.07, 6.45) is 0.644. The molecule has 134 valence electrons. The average Bonchev–Trinajstić information content (AvgIpc) is 3.04. The van der Waals surface area contributed by atoms with E-state index in [4.69, 9.17) is 4.74 Å². The van der Waals surface area contributed by atoms with Crippen LogP contribution in [-0.4, -0.2) is 22.7 Å². The van der Waals surface area contributed by atoms with Gasteiger partial charge in [-0.15, -0.1) is 10.2 Å². The minimum Gasteiger partial charge on any atom is -0.493 e. The molecule has 1 aromatic heterocycles. The molecule has 6 heteroatoms. The summed E-state index contributed by atoms with van der Waals surface area (Å²) in [5.74, 6) is 0.671. The van der Waals surface area contributed by atoms with Gasteiger partial charge < -0.3 is 4.74 Å². The largest absolute Gasteiger partial charge is 0.493 e. The van der Waals surface area contributed by atoms with Gasteiger partial charge in [-0.05, 0) is 61.7 Å². The van der Waals surface area contributed by atoms with Gasteiger partial charge in [0.15, 0.2) is 0 Å². The highest BCUT2D eigenvalue weighted by Gasteiger charge is 2.11. The zero-order valence-electron chi connectivity index (χ0n) is 15.1. The van der Waals surface area contributed by atoms with E-state index in [1.807, 2.05) is 63.2 Å². The van der Waals surface area contributed by atoms with Crippen LogP contribution in [0.1, 0.15) is 32.1 Å². The Hall–Kier alpha value is -2.73. The van der Waals surface area contributed by atoms with Gasteiger partial charge in [0.1, 0.15) is 10.8 Å². The number of amides is 1. The maximum absolute atomic E-state index is 12.3. The molecule has 5 nitrogen and oxygen atoms in total. The number of aromatic nitrogens is 2. The first-order chi connectivity index (χ1) is 12.5. The van der Waals surface area contributed by atoms with Crippen LogP contribution in [0.3, 0.4) is 0 Å². The van der Waals surface area contributed by atoms with Crippen LogP contribution >= 0.6 is 11.3 Å². The van der Waals surface area contributed by atoms with Crippen LogP contribution in [0, 0.1) is 20.8 Å². The molecule has 0 aliphatic rings. The van der Waals surface area contributed by atoms with E-state index in [9.17, 15) is 4.79 Å². The smallest absolute Gasteiger partial charge is 0.257 e. The van der Waals surface area contributed by atoms with Crippen molar-refractivity contribution >= 4 is 22.4 Å². The molecule has 0 bridgehead atoms. The fraction of sp³-hybridized carbons (Fsp3) is 0.250. The second-order valence-corrected chi connectivity index (χ2v) is 7.23. The second-order valence-electron chi connectivity index (χ2n) is 6.17. The molecule has 1 N–H and O–H groups in total. The third kappa shape index (κ3) is 4.67. The fourth-order valence-electron chi connectivity index (χ4n) is 2.42. The molecule has 1 amide bonds. The molecule has 0 spiro atoms. The molecule has 0 aliphatic heterocycles. The number of carbonyl (C=O) groups excluding carboxylic acids is 1. The van der Waals surface area contributed by atoms with Gasteiger partial charge in [0.25, 0.3) is 5.91 Å². The first kappa shape index (κ1) is 18.1. The Bertz CT molecular complexity index is 921. The van der Waals surface area contributed by atoms with Gasteiger partial charge in [-0.3, -0.25) is 10.1 Å². The summed E-state index contributed by atoms with van der Waals surface area (Å²) in [4.78, 5) is 12.3. The van der Waals surface area contributed by atoms with Crippen molar-refractivity contribution in [2.45, 2.75) is 27.2 Å². The molecular formula is C20H21N3O2S. The predicted octanol–water partition coefficient (Wildman–Crippen LogP) is 4.34. The molecule has 0 fully saturated rings. The van der Waals surface area contributed by atoms with Crippen LogP contribution in [0.5, 0.6) is 5.75 Å². The van der Waals surface area contributed by atoms with Crippen LogP contribution in [-0.2, 0) is 6.42 Å². The Morgan fingerprint density at radius 2 is 1.92 bits per heavy atom. The molecular weight excluding hydrogens is 346 g/mol. The van der Waals surface area contributed by atoms with Gasteiger partial charge in [0.2, 0.25) is 5.13 Å². The van der Waals surface area contributed by atoms with Gasteiger partial charge in [-0.2, -0.15) is 0 Å². The van der Waals surface area contributed by atoms with Crippen molar-refractivity contribution in [2.75, 3.05) is 11.9 Å². The number of benzene rings is 2. The van der Waals surface area contributed by atoms with Crippen molar-refractivity contribution in [3.8, 4) is 5.75 Å². The summed E-state index contributed by atoms with van der Waals surface area (Å²) in [5.41, 5.74) is 4.03. The van der Waals surface area contributed by atoms with Gasteiger partial charge in [0, 0.05) is 12.0 Å². The first-order valence-electron chi connectivity index (χ1n) is 8.42. The van der Waals surface area contributed by atoms with Crippen molar-refractivity contribution in [1.82, 2.24) is 10.2 Å². The van der Waals surface area contributed by atoms with Gasteiger partial charge in [0.05, 0.1) is 6.61 Å².